The van der Waals surface area contributed by atoms with Crippen molar-refractivity contribution in [2.45, 2.75) is 46.6 Å². The molecule has 0 atom stereocenters. The summed E-state index contributed by atoms with van der Waals surface area (Å²) in [5.41, 5.74) is 3.49. The lowest BCUT2D eigenvalue weighted by molar-refractivity contribution is 0.401. The van der Waals surface area contributed by atoms with Gasteiger partial charge in [-0.25, -0.2) is 0 Å². The number of rotatable bonds is 3. The number of nitrogens with zero attached hydrogens (tertiary/aromatic N) is 1. The van der Waals surface area contributed by atoms with E-state index < -0.39 is 0 Å². The Morgan fingerprint density at radius 3 is 2.15 bits per heavy atom. The molecule has 0 bridgehead atoms. The van der Waals surface area contributed by atoms with Gasteiger partial charge < -0.3 is 4.57 Å². The van der Waals surface area contributed by atoms with Crippen LogP contribution in [0.4, 0.5) is 0 Å². The highest BCUT2D eigenvalue weighted by atomic mass is 15.0. The Kier molecular flexibility index (Phi) is 1.98. The molecule has 2 rings (SSSR count). The highest BCUT2D eigenvalue weighted by Crippen LogP contribution is 2.50. The minimum atomic E-state index is 0.661. The summed E-state index contributed by atoms with van der Waals surface area (Å²) in [6.07, 6.45) is 4.20. The van der Waals surface area contributed by atoms with Gasteiger partial charge >= 0.3 is 0 Å². The van der Waals surface area contributed by atoms with Crippen LogP contribution in [0.15, 0.2) is 12.1 Å². The van der Waals surface area contributed by atoms with Gasteiger partial charge in [0.25, 0.3) is 0 Å². The van der Waals surface area contributed by atoms with E-state index in [1.807, 2.05) is 0 Å². The van der Waals surface area contributed by atoms with Gasteiger partial charge in [-0.15, -0.1) is 0 Å². The van der Waals surface area contributed by atoms with Gasteiger partial charge in [0.1, 0.15) is 0 Å². The van der Waals surface area contributed by atoms with Gasteiger partial charge in [-0.1, -0.05) is 6.92 Å². The molecule has 0 radical (unpaired) electrons. The summed E-state index contributed by atoms with van der Waals surface area (Å²) in [5.74, 6) is 0. The largest absolute Gasteiger partial charge is 0.349 e. The van der Waals surface area contributed by atoms with E-state index in [-0.39, 0.29) is 0 Å². The molecule has 0 N–H and O–H groups in total. The molecule has 72 valence electrons. The first-order chi connectivity index (χ1) is 6.17. The summed E-state index contributed by atoms with van der Waals surface area (Å²) < 4.78 is 2.47. The summed E-state index contributed by atoms with van der Waals surface area (Å²) >= 11 is 0. The summed E-state index contributed by atoms with van der Waals surface area (Å²) in [7, 11) is 0. The van der Waals surface area contributed by atoms with Crippen molar-refractivity contribution >= 4 is 0 Å². The highest BCUT2D eigenvalue weighted by molar-refractivity contribution is 5.14. The van der Waals surface area contributed by atoms with Gasteiger partial charge in [0, 0.05) is 17.9 Å². The molecule has 0 aromatic carbocycles. The number of hydrogen-bond donors (Lipinski definition) is 0. The lowest BCUT2D eigenvalue weighted by atomic mass is 10.0. The molecular weight excluding hydrogens is 158 g/mol. The van der Waals surface area contributed by atoms with Crippen LogP contribution in [-0.2, 0) is 6.54 Å². The van der Waals surface area contributed by atoms with E-state index in [2.05, 4.69) is 37.5 Å². The zero-order chi connectivity index (χ0) is 9.47. The van der Waals surface area contributed by atoms with Crippen LogP contribution in [0.2, 0.25) is 0 Å². The molecule has 1 aliphatic rings. The molecule has 0 amide bonds. The predicted molar refractivity (Wildman–Crippen MR) is 55.9 cm³/mol. The van der Waals surface area contributed by atoms with Crippen molar-refractivity contribution < 1.29 is 0 Å². The molecule has 0 spiro atoms. The van der Waals surface area contributed by atoms with E-state index >= 15 is 0 Å². The molecule has 1 fully saturated rings. The van der Waals surface area contributed by atoms with Crippen molar-refractivity contribution in [1.82, 2.24) is 4.57 Å². The maximum Gasteiger partial charge on any atom is 0.0281 e. The fourth-order valence-corrected chi connectivity index (χ4v) is 2.08. The molecule has 1 aromatic rings. The van der Waals surface area contributed by atoms with Gasteiger partial charge in [-0.3, -0.25) is 0 Å². The Labute approximate surface area is 80.8 Å². The number of aryl methyl sites for hydroxylation is 2. The van der Waals surface area contributed by atoms with Crippen molar-refractivity contribution in [2.75, 3.05) is 0 Å². The Balaban J connectivity index is 2.17. The van der Waals surface area contributed by atoms with E-state index in [1.54, 1.807) is 0 Å². The second kappa shape index (κ2) is 2.90. The van der Waals surface area contributed by atoms with Crippen LogP contribution in [0.3, 0.4) is 0 Å². The Morgan fingerprint density at radius 2 is 1.77 bits per heavy atom. The molecule has 1 aromatic heterocycles. The zero-order valence-corrected chi connectivity index (χ0v) is 8.93. The Morgan fingerprint density at radius 1 is 1.23 bits per heavy atom. The lowest BCUT2D eigenvalue weighted by Gasteiger charge is -2.16. The van der Waals surface area contributed by atoms with Gasteiger partial charge in [0.15, 0.2) is 0 Å². The molecule has 1 nitrogen and oxygen atoms in total. The molecule has 0 unspecified atom stereocenters. The topological polar surface area (TPSA) is 4.93 Å². The summed E-state index contributed by atoms with van der Waals surface area (Å²) in [6.45, 7) is 7.98. The standard InChI is InChI=1S/C12H19N/c1-4-12(7-8-12)9-13-10(2)5-6-11(13)3/h5-6H,4,7-9H2,1-3H3. The SMILES string of the molecule is CCC1(Cn2c(C)ccc2C)CC1. The van der Waals surface area contributed by atoms with E-state index in [1.165, 1.54) is 37.2 Å². The van der Waals surface area contributed by atoms with Crippen LogP contribution in [0.5, 0.6) is 0 Å². The maximum atomic E-state index is 2.47. The second-order valence-corrected chi connectivity index (χ2v) is 4.56. The molecule has 13 heavy (non-hydrogen) atoms. The fourth-order valence-electron chi connectivity index (χ4n) is 2.08. The quantitative estimate of drug-likeness (QED) is 0.667. The van der Waals surface area contributed by atoms with Gasteiger partial charge in [-0.05, 0) is 50.7 Å². The first-order valence-electron chi connectivity index (χ1n) is 5.30. The molecule has 0 saturated heterocycles. The molecule has 1 heterocycles. The lowest BCUT2D eigenvalue weighted by Crippen LogP contribution is -2.12. The van der Waals surface area contributed by atoms with Crippen LogP contribution in [-0.4, -0.2) is 4.57 Å². The molecular formula is C12H19N. The summed E-state index contributed by atoms with van der Waals surface area (Å²) in [5, 5.41) is 0. The van der Waals surface area contributed by atoms with Crippen LogP contribution in [0.25, 0.3) is 0 Å². The van der Waals surface area contributed by atoms with Gasteiger partial charge in [-0.2, -0.15) is 0 Å². The summed E-state index contributed by atoms with van der Waals surface area (Å²) in [6, 6.07) is 4.45. The minimum Gasteiger partial charge on any atom is -0.349 e. The Bertz CT molecular complexity index is 285. The minimum absolute atomic E-state index is 0.661. The molecule has 1 aliphatic carbocycles. The predicted octanol–water partition coefficient (Wildman–Crippen LogP) is 3.30. The van der Waals surface area contributed by atoms with Crippen LogP contribution in [0.1, 0.15) is 37.6 Å². The number of hydrogen-bond acceptors (Lipinski definition) is 0. The summed E-state index contributed by atoms with van der Waals surface area (Å²) in [4.78, 5) is 0. The van der Waals surface area contributed by atoms with Crippen LogP contribution < -0.4 is 0 Å². The van der Waals surface area contributed by atoms with E-state index in [0.29, 0.717) is 5.41 Å². The average Bonchev–Trinajstić information content (AvgIpc) is 2.84. The van der Waals surface area contributed by atoms with Crippen molar-refractivity contribution in [1.29, 1.82) is 0 Å². The van der Waals surface area contributed by atoms with E-state index in [4.69, 9.17) is 0 Å². The highest BCUT2D eigenvalue weighted by Gasteiger charge is 2.41. The van der Waals surface area contributed by atoms with Gasteiger partial charge in [0.05, 0.1) is 0 Å². The number of aromatic nitrogens is 1. The van der Waals surface area contributed by atoms with E-state index in [0.717, 1.165) is 0 Å². The van der Waals surface area contributed by atoms with Crippen molar-refractivity contribution in [3.05, 3.63) is 23.5 Å². The van der Waals surface area contributed by atoms with Crippen LogP contribution >= 0.6 is 0 Å². The van der Waals surface area contributed by atoms with E-state index in [9.17, 15) is 0 Å². The first kappa shape index (κ1) is 8.86. The van der Waals surface area contributed by atoms with Crippen molar-refractivity contribution in [3.8, 4) is 0 Å². The zero-order valence-electron chi connectivity index (χ0n) is 8.93. The third kappa shape index (κ3) is 1.52. The molecule has 0 aliphatic heterocycles. The third-order valence-corrected chi connectivity index (χ3v) is 3.62. The molecule has 1 heteroatoms. The average molecular weight is 177 g/mol. The van der Waals surface area contributed by atoms with Gasteiger partial charge in [0.2, 0.25) is 0 Å². The monoisotopic (exact) mass is 177 g/mol. The maximum absolute atomic E-state index is 2.47. The van der Waals surface area contributed by atoms with Crippen LogP contribution in [0, 0.1) is 19.3 Å². The smallest absolute Gasteiger partial charge is 0.0281 e. The van der Waals surface area contributed by atoms with Crippen molar-refractivity contribution in [3.63, 3.8) is 0 Å². The second-order valence-electron chi connectivity index (χ2n) is 4.56. The third-order valence-electron chi connectivity index (χ3n) is 3.62. The molecule has 1 saturated carbocycles. The van der Waals surface area contributed by atoms with Crippen molar-refractivity contribution in [2.24, 2.45) is 5.41 Å². The first-order valence-corrected chi connectivity index (χ1v) is 5.30. The normalized spacial score (nSPS) is 19.0. The Hall–Kier alpha value is -0.720. The fraction of sp³-hybridized carbons (Fsp3) is 0.667.